The third-order valence-corrected chi connectivity index (χ3v) is 7.47. The first-order valence-corrected chi connectivity index (χ1v) is 10.1. The minimum absolute atomic E-state index is 0.0512. The molecule has 4 fully saturated rings. The normalized spacial score (nSPS) is 37.7. The largest absolute Gasteiger partial charge is 0.351 e. The quantitative estimate of drug-likeness (QED) is 0.909. The number of carbonyl (C=O) groups excluding carboxylic acids is 2. The molecule has 2 amide bonds. The summed E-state index contributed by atoms with van der Waals surface area (Å²) in [5.74, 6) is 1.78. The van der Waals surface area contributed by atoms with Crippen LogP contribution in [-0.2, 0) is 15.0 Å². The van der Waals surface area contributed by atoms with Gasteiger partial charge in [0.25, 0.3) is 0 Å². The summed E-state index contributed by atoms with van der Waals surface area (Å²) in [5, 5.41) is 3.10. The molecule has 1 N–H and O–H groups in total. The molecule has 26 heavy (non-hydrogen) atoms. The molecule has 0 bridgehead atoms. The molecule has 138 valence electrons. The highest BCUT2D eigenvalue weighted by Crippen LogP contribution is 2.59. The topological polar surface area (TPSA) is 49.4 Å². The number of benzene rings is 1. The highest BCUT2D eigenvalue weighted by atomic mass is 16.2. The van der Waals surface area contributed by atoms with Gasteiger partial charge >= 0.3 is 0 Å². The average Bonchev–Trinajstić information content (AvgIpc) is 2.96. The summed E-state index contributed by atoms with van der Waals surface area (Å²) in [7, 11) is 0. The Balaban J connectivity index is 1.24. The highest BCUT2D eigenvalue weighted by Gasteiger charge is 2.62. The molecule has 1 aromatic carbocycles. The van der Waals surface area contributed by atoms with Crippen molar-refractivity contribution in [1.29, 1.82) is 0 Å². The molecule has 2 saturated heterocycles. The number of hydrogen-bond donors (Lipinski definition) is 1. The van der Waals surface area contributed by atoms with Crippen LogP contribution in [-0.4, -0.2) is 35.3 Å². The molecule has 2 saturated carbocycles. The Labute approximate surface area is 155 Å². The second-order valence-corrected chi connectivity index (χ2v) is 9.49. The summed E-state index contributed by atoms with van der Waals surface area (Å²) < 4.78 is 0. The van der Waals surface area contributed by atoms with Crippen LogP contribution in [0, 0.1) is 11.8 Å². The van der Waals surface area contributed by atoms with Gasteiger partial charge in [-0.05, 0) is 48.6 Å². The molecule has 4 heteroatoms. The maximum Gasteiger partial charge on any atom is 0.225 e. The van der Waals surface area contributed by atoms with Gasteiger partial charge in [0, 0.05) is 36.4 Å². The lowest BCUT2D eigenvalue weighted by molar-refractivity contribution is -0.141. The van der Waals surface area contributed by atoms with Crippen LogP contribution in [0.1, 0.15) is 63.0 Å². The zero-order chi connectivity index (χ0) is 18.1. The van der Waals surface area contributed by atoms with Crippen molar-refractivity contribution in [3.05, 3.63) is 35.4 Å². The SMILES string of the molecule is CC(C)c1ccc(C23CC2CN(C(=O)[C@H]2C[C@]4(CCC(=O)N4)C2)C3)cc1. The fraction of sp³-hybridized carbons (Fsp3) is 0.636. The van der Waals surface area contributed by atoms with E-state index < -0.39 is 0 Å². The maximum absolute atomic E-state index is 12.9. The van der Waals surface area contributed by atoms with E-state index in [0.29, 0.717) is 24.2 Å². The van der Waals surface area contributed by atoms with Crippen molar-refractivity contribution in [3.63, 3.8) is 0 Å². The van der Waals surface area contributed by atoms with Crippen molar-refractivity contribution < 1.29 is 9.59 Å². The Bertz CT molecular complexity index is 763. The van der Waals surface area contributed by atoms with Crippen molar-refractivity contribution >= 4 is 11.8 Å². The predicted molar refractivity (Wildman–Crippen MR) is 99.7 cm³/mol. The van der Waals surface area contributed by atoms with E-state index in [4.69, 9.17) is 0 Å². The van der Waals surface area contributed by atoms with Crippen LogP contribution >= 0.6 is 0 Å². The Kier molecular flexibility index (Phi) is 3.35. The molecule has 2 atom stereocenters. The minimum atomic E-state index is -0.0512. The fourth-order valence-electron chi connectivity index (χ4n) is 5.69. The number of amides is 2. The molecule has 1 aromatic rings. The summed E-state index contributed by atoms with van der Waals surface area (Å²) in [6, 6.07) is 9.09. The molecule has 2 unspecified atom stereocenters. The molecule has 2 aliphatic carbocycles. The number of carbonyl (C=O) groups is 2. The first-order valence-electron chi connectivity index (χ1n) is 10.1. The number of hydrogen-bond acceptors (Lipinski definition) is 2. The number of piperidine rings is 1. The highest BCUT2D eigenvalue weighted by molar-refractivity contribution is 5.84. The van der Waals surface area contributed by atoms with Crippen LogP contribution in [0.15, 0.2) is 24.3 Å². The van der Waals surface area contributed by atoms with Crippen molar-refractivity contribution in [1.82, 2.24) is 10.2 Å². The van der Waals surface area contributed by atoms with E-state index >= 15 is 0 Å². The average molecular weight is 352 g/mol. The van der Waals surface area contributed by atoms with Crippen molar-refractivity contribution in [2.45, 2.75) is 62.8 Å². The number of rotatable bonds is 3. The zero-order valence-corrected chi connectivity index (χ0v) is 15.8. The maximum atomic E-state index is 12.9. The van der Waals surface area contributed by atoms with Crippen molar-refractivity contribution in [2.75, 3.05) is 13.1 Å². The summed E-state index contributed by atoms with van der Waals surface area (Å²) in [5.41, 5.74) is 2.96. The Morgan fingerprint density at radius 3 is 2.54 bits per heavy atom. The summed E-state index contributed by atoms with van der Waals surface area (Å²) >= 11 is 0. The summed E-state index contributed by atoms with van der Waals surface area (Å²) in [4.78, 5) is 26.5. The van der Waals surface area contributed by atoms with Crippen LogP contribution in [0.2, 0.25) is 0 Å². The van der Waals surface area contributed by atoms with Gasteiger partial charge in [-0.15, -0.1) is 0 Å². The molecular formula is C22H28N2O2. The smallest absolute Gasteiger partial charge is 0.225 e. The van der Waals surface area contributed by atoms with E-state index in [1.54, 1.807) is 0 Å². The number of fused-ring (bicyclic) bond motifs is 1. The van der Waals surface area contributed by atoms with E-state index in [-0.39, 0.29) is 22.8 Å². The molecule has 0 radical (unpaired) electrons. The molecule has 1 spiro atoms. The molecule has 5 rings (SSSR count). The number of likely N-dealkylation sites (tertiary alicyclic amines) is 1. The summed E-state index contributed by atoms with van der Waals surface area (Å²) in [6.45, 7) is 6.25. The first-order chi connectivity index (χ1) is 12.4. The minimum Gasteiger partial charge on any atom is -0.351 e. The Morgan fingerprint density at radius 2 is 1.92 bits per heavy atom. The molecule has 0 aromatic heterocycles. The van der Waals surface area contributed by atoms with Gasteiger partial charge in [-0.25, -0.2) is 0 Å². The van der Waals surface area contributed by atoms with Crippen LogP contribution < -0.4 is 5.32 Å². The monoisotopic (exact) mass is 352 g/mol. The van der Waals surface area contributed by atoms with Gasteiger partial charge in [-0.1, -0.05) is 38.1 Å². The molecular weight excluding hydrogens is 324 g/mol. The molecule has 4 aliphatic rings. The van der Waals surface area contributed by atoms with Gasteiger partial charge in [0.15, 0.2) is 0 Å². The third-order valence-electron chi connectivity index (χ3n) is 7.47. The van der Waals surface area contributed by atoms with Gasteiger partial charge in [0.1, 0.15) is 0 Å². The molecule has 2 heterocycles. The van der Waals surface area contributed by atoms with Crippen LogP contribution in [0.4, 0.5) is 0 Å². The predicted octanol–water partition coefficient (Wildman–Crippen LogP) is 2.97. The van der Waals surface area contributed by atoms with Gasteiger partial charge in [-0.2, -0.15) is 0 Å². The van der Waals surface area contributed by atoms with Gasteiger partial charge in [0.2, 0.25) is 11.8 Å². The van der Waals surface area contributed by atoms with E-state index in [2.05, 4.69) is 48.3 Å². The lowest BCUT2D eigenvalue weighted by Gasteiger charge is -2.45. The van der Waals surface area contributed by atoms with Gasteiger partial charge < -0.3 is 10.2 Å². The van der Waals surface area contributed by atoms with Crippen LogP contribution in [0.3, 0.4) is 0 Å². The van der Waals surface area contributed by atoms with E-state index in [0.717, 1.165) is 32.4 Å². The lowest BCUT2D eigenvalue weighted by Crippen LogP contribution is -2.56. The zero-order valence-electron chi connectivity index (χ0n) is 15.8. The Morgan fingerprint density at radius 1 is 1.19 bits per heavy atom. The van der Waals surface area contributed by atoms with Crippen LogP contribution in [0.5, 0.6) is 0 Å². The number of nitrogens with zero attached hydrogens (tertiary/aromatic N) is 1. The number of nitrogens with one attached hydrogen (secondary N) is 1. The second-order valence-electron chi connectivity index (χ2n) is 9.49. The lowest BCUT2D eigenvalue weighted by atomic mass is 9.67. The summed E-state index contributed by atoms with van der Waals surface area (Å²) in [6.07, 6.45) is 4.44. The van der Waals surface area contributed by atoms with Crippen molar-refractivity contribution in [2.24, 2.45) is 11.8 Å². The van der Waals surface area contributed by atoms with Gasteiger partial charge in [-0.3, -0.25) is 9.59 Å². The molecule has 2 aliphatic heterocycles. The third kappa shape index (κ3) is 2.34. The Hall–Kier alpha value is -1.84. The standard InChI is InChI=1S/C22H28N2O2/c1-14(2)15-3-5-17(6-4-15)22-11-18(22)12-24(13-22)20(26)16-9-21(10-16)8-7-19(25)23-21/h3-6,14,16,18H,7-13H2,1-2H3,(H,23,25)/t16-,18?,21+,22?. The van der Waals surface area contributed by atoms with Gasteiger partial charge in [0.05, 0.1) is 0 Å². The van der Waals surface area contributed by atoms with E-state index in [1.165, 1.54) is 17.5 Å². The fourth-order valence-corrected chi connectivity index (χ4v) is 5.69. The second kappa shape index (κ2) is 5.34. The van der Waals surface area contributed by atoms with E-state index in [9.17, 15) is 9.59 Å². The van der Waals surface area contributed by atoms with E-state index in [1.807, 2.05) is 0 Å². The molecule has 4 nitrogen and oxygen atoms in total. The van der Waals surface area contributed by atoms with Crippen molar-refractivity contribution in [3.8, 4) is 0 Å². The first kappa shape index (κ1) is 16.3. The van der Waals surface area contributed by atoms with Crippen LogP contribution in [0.25, 0.3) is 0 Å².